The van der Waals surface area contributed by atoms with Gasteiger partial charge in [0.15, 0.2) is 6.21 Å². The van der Waals surface area contributed by atoms with Crippen molar-refractivity contribution in [1.29, 1.82) is 0 Å². The summed E-state index contributed by atoms with van der Waals surface area (Å²) in [5.74, 6) is 0.997. The van der Waals surface area contributed by atoms with Crippen LogP contribution in [0.1, 0.15) is 142 Å². The summed E-state index contributed by atoms with van der Waals surface area (Å²) in [6, 6.07) is 15.0. The molecule has 0 fully saturated rings. The largest absolute Gasteiger partial charge is 1.00 e. The van der Waals surface area contributed by atoms with E-state index in [1.54, 1.807) is 6.92 Å². The maximum absolute atomic E-state index is 12.8. The maximum atomic E-state index is 12.8. The third-order valence-corrected chi connectivity index (χ3v) is 9.57. The highest BCUT2D eigenvalue weighted by Gasteiger charge is 2.31. The molecule has 0 radical (unpaired) electrons. The van der Waals surface area contributed by atoms with Crippen LogP contribution in [0.15, 0.2) is 54.1 Å². The molecule has 0 spiro atoms. The van der Waals surface area contributed by atoms with Gasteiger partial charge in [0, 0.05) is 18.7 Å². The van der Waals surface area contributed by atoms with Crippen LogP contribution in [0.2, 0.25) is 0 Å². The summed E-state index contributed by atoms with van der Waals surface area (Å²) in [5.41, 5.74) is 5.99. The predicted octanol–water partition coefficient (Wildman–Crippen LogP) is 6.28. The molecule has 0 aliphatic carbocycles. The van der Waals surface area contributed by atoms with Crippen molar-refractivity contribution in [2.75, 3.05) is 18.1 Å². The Bertz CT molecular complexity index is 1240. The van der Waals surface area contributed by atoms with Gasteiger partial charge >= 0.3 is 0 Å². The lowest BCUT2D eigenvalue weighted by Gasteiger charge is -2.28. The third kappa shape index (κ3) is 13.0. The lowest BCUT2D eigenvalue weighted by Crippen LogP contribution is -3.00. The number of amides is 1. The van der Waals surface area contributed by atoms with E-state index < -0.39 is 0 Å². The molecule has 1 atom stereocenters. The van der Waals surface area contributed by atoms with Crippen molar-refractivity contribution in [2.45, 2.75) is 144 Å². The number of rotatable bonds is 19. The topological polar surface area (TPSA) is 43.5 Å². The number of anilines is 1. The first-order valence-electron chi connectivity index (χ1n) is 17.9. The molecule has 0 saturated carbocycles. The second-order valence-corrected chi connectivity index (χ2v) is 14.7. The van der Waals surface area contributed by atoms with Crippen molar-refractivity contribution in [1.82, 2.24) is 0 Å². The van der Waals surface area contributed by atoms with Crippen molar-refractivity contribution in [3.63, 3.8) is 0 Å². The van der Waals surface area contributed by atoms with Gasteiger partial charge in [-0.3, -0.25) is 4.79 Å². The average Bonchev–Trinajstić information content (AvgIpc) is 3.00. The number of hydrogen-bond donors (Lipinski definition) is 1. The predicted molar refractivity (Wildman–Crippen MR) is 192 cm³/mol. The number of carbonyl (C=O) groups is 1. The Morgan fingerprint density at radius 2 is 1.43 bits per heavy atom. The number of ether oxygens (including phenoxy) is 1. The lowest BCUT2D eigenvalue weighted by atomic mass is 9.76. The van der Waals surface area contributed by atoms with E-state index in [0.29, 0.717) is 6.54 Å². The molecular weight excluding hydrogens is 632 g/mol. The first kappa shape index (κ1) is 39.8. The molecule has 1 heterocycles. The van der Waals surface area contributed by atoms with Crippen molar-refractivity contribution in [2.24, 2.45) is 5.41 Å². The van der Waals surface area contributed by atoms with Gasteiger partial charge in [0.25, 0.3) is 0 Å². The first-order valence-corrected chi connectivity index (χ1v) is 17.9. The van der Waals surface area contributed by atoms with E-state index >= 15 is 0 Å². The highest BCUT2D eigenvalue weighted by Crippen LogP contribution is 2.34. The summed E-state index contributed by atoms with van der Waals surface area (Å²) in [6.45, 7) is 17.4. The maximum Gasteiger partial charge on any atom is 0.224 e. The van der Waals surface area contributed by atoms with E-state index in [4.69, 9.17) is 4.74 Å². The van der Waals surface area contributed by atoms with E-state index in [1.807, 2.05) is 11.1 Å². The summed E-state index contributed by atoms with van der Waals surface area (Å²) in [4.78, 5) is 18.1. The summed E-state index contributed by atoms with van der Waals surface area (Å²) in [7, 11) is 0. The smallest absolute Gasteiger partial charge is 0.224 e. The fourth-order valence-electron chi connectivity index (χ4n) is 6.35. The minimum Gasteiger partial charge on any atom is -1.00 e. The molecule has 5 heteroatoms. The Morgan fingerprint density at radius 3 is 1.98 bits per heavy atom. The van der Waals surface area contributed by atoms with Gasteiger partial charge in [-0.15, -0.1) is 0 Å². The van der Waals surface area contributed by atoms with Crippen LogP contribution >= 0.6 is 0 Å². The van der Waals surface area contributed by atoms with E-state index in [2.05, 4.69) is 95.1 Å². The number of carbonyl (C=O) groups excluding carboxylic acids is 1. The fraction of sp³-hybridized carbons (Fsp3) is 0.610. The SMILES string of the molecule is CCCCCCCCCCCCCCOc1cc(CN(C(C)=O)c2ccc(CC3(C)C[NH+]=CC=C3C)cc2)ccc1C(C)(C)C.[Br-]. The van der Waals surface area contributed by atoms with Crippen LogP contribution in [0.25, 0.3) is 0 Å². The minimum atomic E-state index is -0.0173. The quantitative estimate of drug-likeness (QED) is 0.176. The number of hydrogen-bond acceptors (Lipinski definition) is 2. The molecule has 256 valence electrons. The monoisotopic (exact) mass is 694 g/mol. The number of halogens is 1. The van der Waals surface area contributed by atoms with Crippen molar-refractivity contribution >= 4 is 17.8 Å². The normalized spacial score (nSPS) is 16.1. The van der Waals surface area contributed by atoms with E-state index in [0.717, 1.165) is 43.0 Å². The van der Waals surface area contributed by atoms with E-state index in [9.17, 15) is 4.79 Å². The van der Waals surface area contributed by atoms with Crippen LogP contribution in [0.3, 0.4) is 0 Å². The zero-order valence-corrected chi connectivity index (χ0v) is 31.7. The first-order chi connectivity index (χ1) is 21.5. The lowest BCUT2D eigenvalue weighted by molar-refractivity contribution is -0.469. The van der Waals surface area contributed by atoms with Crippen LogP contribution in [-0.4, -0.2) is 25.3 Å². The van der Waals surface area contributed by atoms with Gasteiger partial charge in [0.05, 0.1) is 18.6 Å². The van der Waals surface area contributed by atoms with Crippen LogP contribution in [-0.2, 0) is 23.2 Å². The average molecular weight is 696 g/mol. The van der Waals surface area contributed by atoms with E-state index in [1.165, 1.54) is 87.3 Å². The minimum absolute atomic E-state index is 0. The Morgan fingerprint density at radius 1 is 0.870 bits per heavy atom. The zero-order valence-electron chi connectivity index (χ0n) is 30.2. The molecule has 1 aliphatic rings. The number of nitrogens with one attached hydrogen (secondary N) is 1. The number of unbranched alkanes of at least 4 members (excludes halogenated alkanes) is 11. The Balaban J connectivity index is 0.00000736. The number of allylic oxidation sites excluding steroid dienone is 1. The molecule has 46 heavy (non-hydrogen) atoms. The Hall–Kier alpha value is -2.40. The molecular formula is C41H63BrN2O2. The van der Waals surface area contributed by atoms with Crippen molar-refractivity contribution < 1.29 is 31.5 Å². The molecule has 1 unspecified atom stereocenters. The molecule has 0 saturated heterocycles. The van der Waals surface area contributed by atoms with E-state index in [-0.39, 0.29) is 33.7 Å². The standard InChI is InChI=1S/C41H62N2O2.BrH/c1-8-9-10-11-12-13-14-15-16-17-18-19-28-45-39-29-36(22-25-38(39)40(4,5)6)31-43(34(3)44)37-23-20-35(21-24-37)30-41(7)32-42-27-26-33(41)2;/h20-27,29H,8-19,28,30-32H2,1-7H3;1H. The highest BCUT2D eigenvalue weighted by atomic mass is 79.9. The molecule has 1 N–H and O–H groups in total. The van der Waals surface area contributed by atoms with Gasteiger partial charge in [-0.1, -0.05) is 128 Å². The Kier molecular flexibility index (Phi) is 17.4. The third-order valence-electron chi connectivity index (χ3n) is 9.57. The van der Waals surface area contributed by atoms with Crippen LogP contribution in [0.5, 0.6) is 5.75 Å². The highest BCUT2D eigenvalue weighted by molar-refractivity contribution is 5.91. The molecule has 2 aromatic carbocycles. The van der Waals surface area contributed by atoms with Gasteiger partial charge in [0.2, 0.25) is 5.91 Å². The fourth-order valence-corrected chi connectivity index (χ4v) is 6.35. The molecule has 0 aromatic heterocycles. The van der Waals surface area contributed by atoms with Crippen LogP contribution in [0, 0.1) is 5.41 Å². The molecule has 3 rings (SSSR count). The summed E-state index contributed by atoms with van der Waals surface area (Å²) in [6.07, 6.45) is 21.2. The van der Waals surface area contributed by atoms with Crippen LogP contribution < -0.4 is 31.6 Å². The number of benzene rings is 2. The van der Waals surface area contributed by atoms with Crippen LogP contribution in [0.4, 0.5) is 5.69 Å². The molecule has 4 nitrogen and oxygen atoms in total. The summed E-state index contributed by atoms with van der Waals surface area (Å²) in [5, 5.41) is 0. The number of nitrogens with zero attached hydrogens (tertiary/aromatic N) is 1. The van der Waals surface area contributed by atoms with Gasteiger partial charge in [-0.05, 0) is 67.0 Å². The second-order valence-electron chi connectivity index (χ2n) is 14.7. The zero-order chi connectivity index (χ0) is 32.7. The molecule has 2 aromatic rings. The second kappa shape index (κ2) is 20.1. The summed E-state index contributed by atoms with van der Waals surface area (Å²) >= 11 is 0. The summed E-state index contributed by atoms with van der Waals surface area (Å²) < 4.78 is 6.43. The van der Waals surface area contributed by atoms with Gasteiger partial charge in [-0.2, -0.15) is 0 Å². The van der Waals surface area contributed by atoms with Crippen molar-refractivity contribution in [3.8, 4) is 5.75 Å². The van der Waals surface area contributed by atoms with Gasteiger partial charge in [-0.25, -0.2) is 4.99 Å². The Labute approximate surface area is 292 Å². The van der Waals surface area contributed by atoms with Gasteiger partial charge in [0.1, 0.15) is 12.3 Å². The van der Waals surface area contributed by atoms with Gasteiger partial charge < -0.3 is 26.6 Å². The van der Waals surface area contributed by atoms with Crippen molar-refractivity contribution in [3.05, 3.63) is 70.8 Å². The molecule has 1 amide bonds. The molecule has 1 aliphatic heterocycles. The molecule has 0 bridgehead atoms.